The molecule has 3 nitrogen and oxygen atoms in total. The van der Waals surface area contributed by atoms with Crippen LogP contribution in [0.1, 0.15) is 0 Å². The van der Waals surface area contributed by atoms with E-state index >= 15 is 0 Å². The predicted molar refractivity (Wildman–Crippen MR) is 238 cm³/mol. The molecule has 3 aromatic heterocycles. The average molecular weight is 750 g/mol. The lowest BCUT2D eigenvalue weighted by Gasteiger charge is -2.13. The van der Waals surface area contributed by atoms with E-state index in [0.717, 1.165) is 38.9 Å². The Morgan fingerprint density at radius 1 is 0.268 bits per heavy atom. The second-order valence-electron chi connectivity index (χ2n) is 13.9. The van der Waals surface area contributed by atoms with Crippen LogP contribution < -0.4 is 0 Å². The van der Waals surface area contributed by atoms with Gasteiger partial charge in [-0.05, 0) is 69.8 Å². The minimum absolute atomic E-state index is 0.633. The summed E-state index contributed by atoms with van der Waals surface area (Å²) in [6.45, 7) is 0. The highest BCUT2D eigenvalue weighted by Crippen LogP contribution is 2.42. The number of nitrogens with zero attached hydrogens (tertiary/aromatic N) is 3. The molecule has 0 N–H and O–H groups in total. The zero-order chi connectivity index (χ0) is 37.0. The molecule has 0 saturated carbocycles. The van der Waals surface area contributed by atoms with Gasteiger partial charge in [0.2, 0.25) is 0 Å². The van der Waals surface area contributed by atoms with Gasteiger partial charge in [0.25, 0.3) is 0 Å². The van der Waals surface area contributed by atoms with Crippen LogP contribution in [0.25, 0.3) is 108 Å². The molecule has 11 aromatic rings. The fourth-order valence-electron chi connectivity index (χ4n) is 7.98. The van der Waals surface area contributed by atoms with Gasteiger partial charge in [-0.2, -0.15) is 0 Å². The molecule has 0 bridgehead atoms. The number of fused-ring (bicyclic) bond motifs is 6. The molecule has 0 aliphatic carbocycles. The van der Waals surface area contributed by atoms with E-state index in [0.29, 0.717) is 17.5 Å². The standard InChI is InChI=1S/C51H31N3S2/c1-2-14-32(15-3-1)37-20-4-5-21-40(37)51-53-49(35-18-10-16-33(30-35)38-24-12-28-45-47(38)41-22-6-8-26-43(41)55-45)52-50(54-51)36-19-11-17-34(31-36)39-25-13-29-46-48(39)42-23-7-9-27-44(42)56-46/h1-31H. The van der Waals surface area contributed by atoms with Crippen molar-refractivity contribution in [3.05, 3.63) is 188 Å². The lowest BCUT2D eigenvalue weighted by molar-refractivity contribution is 1.07. The zero-order valence-corrected chi connectivity index (χ0v) is 31.7. The summed E-state index contributed by atoms with van der Waals surface area (Å²) in [7, 11) is 0. The smallest absolute Gasteiger partial charge is 0.164 e. The van der Waals surface area contributed by atoms with Gasteiger partial charge >= 0.3 is 0 Å². The van der Waals surface area contributed by atoms with E-state index in [1.54, 1.807) is 0 Å². The summed E-state index contributed by atoms with van der Waals surface area (Å²) in [6, 6.07) is 66.7. The fourth-order valence-corrected chi connectivity index (χ4v) is 10.2. The Labute approximate surface area is 331 Å². The molecule has 0 atom stereocenters. The first-order valence-corrected chi connectivity index (χ1v) is 20.3. The van der Waals surface area contributed by atoms with Crippen LogP contribution >= 0.6 is 22.7 Å². The Bertz CT molecular complexity index is 3090. The molecule has 0 aliphatic heterocycles. The first kappa shape index (κ1) is 32.6. The van der Waals surface area contributed by atoms with Gasteiger partial charge in [-0.15, -0.1) is 22.7 Å². The lowest BCUT2D eigenvalue weighted by Crippen LogP contribution is -2.01. The minimum Gasteiger partial charge on any atom is -0.208 e. The van der Waals surface area contributed by atoms with Gasteiger partial charge < -0.3 is 0 Å². The van der Waals surface area contributed by atoms with Gasteiger partial charge in [0.05, 0.1) is 0 Å². The zero-order valence-electron chi connectivity index (χ0n) is 30.1. The Morgan fingerprint density at radius 2 is 0.661 bits per heavy atom. The van der Waals surface area contributed by atoms with E-state index < -0.39 is 0 Å². The van der Waals surface area contributed by atoms with E-state index in [1.165, 1.54) is 51.5 Å². The number of aromatic nitrogens is 3. The molecule has 262 valence electrons. The van der Waals surface area contributed by atoms with Crippen LogP contribution in [-0.4, -0.2) is 15.0 Å². The third-order valence-corrected chi connectivity index (χ3v) is 12.8. The monoisotopic (exact) mass is 749 g/mol. The summed E-state index contributed by atoms with van der Waals surface area (Å²) in [4.78, 5) is 15.8. The van der Waals surface area contributed by atoms with Crippen molar-refractivity contribution < 1.29 is 0 Å². The van der Waals surface area contributed by atoms with Crippen molar-refractivity contribution in [1.29, 1.82) is 0 Å². The molecular formula is C51H31N3S2. The molecule has 0 spiro atoms. The predicted octanol–water partition coefficient (Wildman–Crippen LogP) is 14.6. The maximum absolute atomic E-state index is 5.26. The Hall–Kier alpha value is -6.79. The molecule has 0 aliphatic rings. The van der Waals surface area contributed by atoms with Crippen LogP contribution in [0.5, 0.6) is 0 Å². The van der Waals surface area contributed by atoms with Crippen molar-refractivity contribution in [1.82, 2.24) is 15.0 Å². The molecular weight excluding hydrogens is 719 g/mol. The highest BCUT2D eigenvalue weighted by molar-refractivity contribution is 7.26. The SMILES string of the molecule is c1ccc(-c2ccccc2-c2nc(-c3cccc(-c4cccc5sc6ccccc6c45)c3)nc(-c3cccc(-c4cccc5sc6ccccc6c45)c3)n2)cc1. The molecule has 0 radical (unpaired) electrons. The van der Waals surface area contributed by atoms with E-state index in [2.05, 4.69) is 182 Å². The van der Waals surface area contributed by atoms with Gasteiger partial charge in [0.15, 0.2) is 17.5 Å². The van der Waals surface area contributed by atoms with Crippen molar-refractivity contribution in [2.45, 2.75) is 0 Å². The number of rotatable bonds is 6. The lowest BCUT2D eigenvalue weighted by atomic mass is 9.97. The summed E-state index contributed by atoms with van der Waals surface area (Å²) in [5.41, 5.74) is 9.68. The third-order valence-electron chi connectivity index (χ3n) is 10.6. The number of benzene rings is 8. The number of hydrogen-bond donors (Lipinski definition) is 0. The third kappa shape index (κ3) is 5.60. The quantitative estimate of drug-likeness (QED) is 0.170. The Kier molecular flexibility index (Phi) is 7.87. The second kappa shape index (κ2) is 13.5. The van der Waals surface area contributed by atoms with Gasteiger partial charge in [0, 0.05) is 57.0 Å². The molecule has 0 unspecified atom stereocenters. The van der Waals surface area contributed by atoms with Crippen molar-refractivity contribution in [2.24, 2.45) is 0 Å². The van der Waals surface area contributed by atoms with Crippen LogP contribution in [0.3, 0.4) is 0 Å². The van der Waals surface area contributed by atoms with E-state index in [-0.39, 0.29) is 0 Å². The van der Waals surface area contributed by atoms with Crippen molar-refractivity contribution in [3.63, 3.8) is 0 Å². The summed E-state index contributed by atoms with van der Waals surface area (Å²) in [5, 5.41) is 5.12. The first-order chi connectivity index (χ1) is 27.7. The maximum Gasteiger partial charge on any atom is 0.164 e. The number of hydrogen-bond acceptors (Lipinski definition) is 5. The fraction of sp³-hybridized carbons (Fsp3) is 0. The van der Waals surface area contributed by atoms with E-state index in [1.807, 2.05) is 28.7 Å². The molecule has 3 heterocycles. The normalized spacial score (nSPS) is 11.6. The topological polar surface area (TPSA) is 38.7 Å². The van der Waals surface area contributed by atoms with Crippen LogP contribution in [0.15, 0.2) is 188 Å². The van der Waals surface area contributed by atoms with Gasteiger partial charge in [-0.25, -0.2) is 15.0 Å². The average Bonchev–Trinajstić information content (AvgIpc) is 3.85. The maximum atomic E-state index is 5.26. The molecule has 5 heteroatoms. The minimum atomic E-state index is 0.633. The van der Waals surface area contributed by atoms with Crippen molar-refractivity contribution in [3.8, 4) is 67.5 Å². The van der Waals surface area contributed by atoms with E-state index in [9.17, 15) is 0 Å². The highest BCUT2D eigenvalue weighted by atomic mass is 32.1. The van der Waals surface area contributed by atoms with Gasteiger partial charge in [-0.3, -0.25) is 0 Å². The molecule has 0 saturated heterocycles. The van der Waals surface area contributed by atoms with Crippen LogP contribution in [0, 0.1) is 0 Å². The van der Waals surface area contributed by atoms with Crippen LogP contribution in [-0.2, 0) is 0 Å². The summed E-state index contributed by atoms with van der Waals surface area (Å²) in [6.07, 6.45) is 0. The van der Waals surface area contributed by atoms with Crippen LogP contribution in [0.2, 0.25) is 0 Å². The highest BCUT2D eigenvalue weighted by Gasteiger charge is 2.18. The summed E-state index contributed by atoms with van der Waals surface area (Å²) in [5.74, 6) is 1.90. The molecule has 0 amide bonds. The molecule has 0 fully saturated rings. The molecule has 8 aromatic carbocycles. The molecule has 56 heavy (non-hydrogen) atoms. The van der Waals surface area contributed by atoms with Crippen LogP contribution in [0.4, 0.5) is 0 Å². The Morgan fingerprint density at radius 3 is 1.23 bits per heavy atom. The van der Waals surface area contributed by atoms with Crippen molar-refractivity contribution >= 4 is 63.0 Å². The molecule has 11 rings (SSSR count). The van der Waals surface area contributed by atoms with Gasteiger partial charge in [0.1, 0.15) is 0 Å². The Balaban J connectivity index is 1.10. The first-order valence-electron chi connectivity index (χ1n) is 18.7. The number of thiophene rings is 2. The van der Waals surface area contributed by atoms with Crippen molar-refractivity contribution in [2.75, 3.05) is 0 Å². The second-order valence-corrected chi connectivity index (χ2v) is 16.1. The summed E-state index contributed by atoms with van der Waals surface area (Å²) < 4.78 is 5.14. The van der Waals surface area contributed by atoms with E-state index in [4.69, 9.17) is 15.0 Å². The largest absolute Gasteiger partial charge is 0.208 e. The van der Waals surface area contributed by atoms with Gasteiger partial charge in [-0.1, -0.05) is 152 Å². The summed E-state index contributed by atoms with van der Waals surface area (Å²) >= 11 is 3.68.